The molecule has 0 unspecified atom stereocenters. The number of nitrogens with zero attached hydrogens (tertiary/aromatic N) is 1. The lowest BCUT2D eigenvalue weighted by Gasteiger charge is -2.12. The van der Waals surface area contributed by atoms with Gasteiger partial charge >= 0.3 is 0 Å². The summed E-state index contributed by atoms with van der Waals surface area (Å²) in [6.45, 7) is 2.44. The zero-order valence-corrected chi connectivity index (χ0v) is 12.3. The van der Waals surface area contributed by atoms with Gasteiger partial charge in [-0.05, 0) is 31.2 Å². The topological polar surface area (TPSA) is 71.1 Å². The summed E-state index contributed by atoms with van der Waals surface area (Å²) in [7, 11) is -1.76. The average molecular weight is 297 g/mol. The third-order valence-electron chi connectivity index (χ3n) is 2.71. The molecule has 0 bridgehead atoms. The van der Waals surface area contributed by atoms with Crippen molar-refractivity contribution >= 4 is 26.5 Å². The summed E-state index contributed by atoms with van der Waals surface area (Å²) in [5.74, 6) is 0. The highest BCUT2D eigenvalue weighted by Gasteiger charge is 2.19. The molecule has 7 heteroatoms. The Balaban J connectivity index is 2.38. The lowest BCUT2D eigenvalue weighted by atomic mass is 10.1. The Kier molecular flexibility index (Phi) is 4.18. The largest absolute Gasteiger partial charge is 0.316 e. The van der Waals surface area contributed by atoms with Gasteiger partial charge in [-0.25, -0.2) is 13.4 Å². The van der Waals surface area contributed by atoms with Gasteiger partial charge in [-0.15, -0.1) is 11.3 Å². The van der Waals surface area contributed by atoms with Crippen LogP contribution in [-0.2, 0) is 16.6 Å². The van der Waals surface area contributed by atoms with Gasteiger partial charge < -0.3 is 5.32 Å². The van der Waals surface area contributed by atoms with Crippen molar-refractivity contribution in [3.63, 3.8) is 0 Å². The molecule has 0 atom stereocenters. The van der Waals surface area contributed by atoms with E-state index in [1.54, 1.807) is 23.7 Å². The first-order valence-corrected chi connectivity index (χ1v) is 8.06. The van der Waals surface area contributed by atoms with Crippen molar-refractivity contribution < 1.29 is 8.42 Å². The van der Waals surface area contributed by atoms with E-state index >= 15 is 0 Å². The number of hydrogen-bond acceptors (Lipinski definition) is 5. The second-order valence-electron chi connectivity index (χ2n) is 4.01. The number of sulfonamides is 1. The first-order valence-electron chi connectivity index (χ1n) is 5.70. The Morgan fingerprint density at radius 3 is 2.79 bits per heavy atom. The van der Waals surface area contributed by atoms with Crippen LogP contribution in [0.15, 0.2) is 34.7 Å². The summed E-state index contributed by atoms with van der Waals surface area (Å²) in [5.41, 5.74) is 1.71. The van der Waals surface area contributed by atoms with E-state index in [0.717, 1.165) is 11.1 Å². The van der Waals surface area contributed by atoms with Gasteiger partial charge in [-0.2, -0.15) is 0 Å². The predicted octanol–water partition coefficient (Wildman–Crippen LogP) is 1.97. The average Bonchev–Trinajstić information content (AvgIpc) is 2.84. The molecule has 2 N–H and O–H groups in total. The molecule has 0 aliphatic carbocycles. The molecule has 0 spiro atoms. The molecule has 0 radical (unpaired) electrons. The summed E-state index contributed by atoms with van der Waals surface area (Å²) < 4.78 is 27.1. The van der Waals surface area contributed by atoms with Crippen molar-refractivity contribution in [1.29, 1.82) is 0 Å². The van der Waals surface area contributed by atoms with E-state index in [2.05, 4.69) is 15.0 Å². The fraction of sp³-hybridized carbons (Fsp3) is 0.250. The Hall–Kier alpha value is -1.44. The monoisotopic (exact) mass is 297 g/mol. The lowest BCUT2D eigenvalue weighted by molar-refractivity contribution is 0.600. The molecule has 0 saturated heterocycles. The number of thiazole rings is 1. The Morgan fingerprint density at radius 1 is 1.37 bits per heavy atom. The van der Waals surface area contributed by atoms with Crippen LogP contribution in [0.1, 0.15) is 11.1 Å². The molecule has 1 heterocycles. The van der Waals surface area contributed by atoms with E-state index in [1.807, 2.05) is 20.0 Å². The van der Waals surface area contributed by atoms with Gasteiger partial charge in [0.15, 0.2) is 5.13 Å². The number of benzene rings is 1. The van der Waals surface area contributed by atoms with Gasteiger partial charge in [0.1, 0.15) is 0 Å². The summed E-state index contributed by atoms with van der Waals surface area (Å²) >= 11 is 1.25. The number of aromatic nitrogens is 1. The van der Waals surface area contributed by atoms with Crippen LogP contribution < -0.4 is 10.0 Å². The van der Waals surface area contributed by atoms with Crippen LogP contribution in [0.25, 0.3) is 0 Å². The van der Waals surface area contributed by atoms with E-state index < -0.39 is 10.0 Å². The fourth-order valence-corrected chi connectivity index (χ4v) is 3.86. The van der Waals surface area contributed by atoms with Crippen molar-refractivity contribution in [3.05, 3.63) is 40.9 Å². The minimum absolute atomic E-state index is 0.287. The maximum absolute atomic E-state index is 12.3. The summed E-state index contributed by atoms with van der Waals surface area (Å²) in [6.07, 6.45) is 1.56. The molecule has 0 amide bonds. The first kappa shape index (κ1) is 14.0. The van der Waals surface area contributed by atoms with Crippen molar-refractivity contribution in [3.8, 4) is 0 Å². The van der Waals surface area contributed by atoms with Crippen molar-refractivity contribution in [2.45, 2.75) is 18.4 Å². The molecule has 5 nitrogen and oxygen atoms in total. The highest BCUT2D eigenvalue weighted by atomic mass is 32.2. The molecular weight excluding hydrogens is 282 g/mol. The maximum atomic E-state index is 12.3. The Bertz CT molecular complexity index is 652. The molecule has 102 valence electrons. The molecule has 2 aromatic rings. The van der Waals surface area contributed by atoms with Gasteiger partial charge in [0.25, 0.3) is 10.0 Å². The van der Waals surface area contributed by atoms with Crippen LogP contribution in [0, 0.1) is 6.92 Å². The molecule has 0 aliphatic rings. The van der Waals surface area contributed by atoms with Crippen LogP contribution in [0.4, 0.5) is 5.13 Å². The Morgan fingerprint density at radius 2 is 2.16 bits per heavy atom. The van der Waals surface area contributed by atoms with Crippen molar-refractivity contribution in [2.75, 3.05) is 11.8 Å². The zero-order chi connectivity index (χ0) is 13.9. The van der Waals surface area contributed by atoms with Gasteiger partial charge in [0.05, 0.1) is 4.90 Å². The van der Waals surface area contributed by atoms with Crippen LogP contribution in [0.3, 0.4) is 0 Å². The van der Waals surface area contributed by atoms with E-state index in [4.69, 9.17) is 0 Å². The molecule has 19 heavy (non-hydrogen) atoms. The summed E-state index contributed by atoms with van der Waals surface area (Å²) in [4.78, 5) is 4.22. The molecule has 0 fully saturated rings. The van der Waals surface area contributed by atoms with E-state index in [9.17, 15) is 8.42 Å². The normalized spacial score (nSPS) is 11.5. The minimum Gasteiger partial charge on any atom is -0.316 e. The quantitative estimate of drug-likeness (QED) is 0.885. The van der Waals surface area contributed by atoms with E-state index in [0.29, 0.717) is 11.7 Å². The molecule has 0 aliphatic heterocycles. The Labute approximate surface area is 116 Å². The van der Waals surface area contributed by atoms with Gasteiger partial charge in [0, 0.05) is 18.1 Å². The van der Waals surface area contributed by atoms with Gasteiger partial charge in [-0.1, -0.05) is 12.1 Å². The number of nitrogens with one attached hydrogen (secondary N) is 2. The third kappa shape index (κ3) is 3.12. The second kappa shape index (κ2) is 5.68. The molecule has 0 saturated carbocycles. The maximum Gasteiger partial charge on any atom is 0.263 e. The fourth-order valence-electron chi connectivity index (χ4n) is 1.78. The van der Waals surface area contributed by atoms with Crippen molar-refractivity contribution in [1.82, 2.24) is 10.3 Å². The zero-order valence-electron chi connectivity index (χ0n) is 10.7. The highest BCUT2D eigenvalue weighted by Crippen LogP contribution is 2.22. The van der Waals surface area contributed by atoms with Crippen LogP contribution in [0.5, 0.6) is 0 Å². The van der Waals surface area contributed by atoms with Crippen LogP contribution in [-0.4, -0.2) is 20.4 Å². The molecule has 2 rings (SSSR count). The predicted molar refractivity (Wildman–Crippen MR) is 76.9 cm³/mol. The number of anilines is 1. The third-order valence-corrected chi connectivity index (χ3v) is 5.01. The lowest BCUT2D eigenvalue weighted by Crippen LogP contribution is -2.16. The summed E-state index contributed by atoms with van der Waals surface area (Å²) in [5, 5.41) is 5.12. The molecule has 1 aromatic carbocycles. The summed E-state index contributed by atoms with van der Waals surface area (Å²) in [6, 6.07) is 5.26. The second-order valence-corrected chi connectivity index (χ2v) is 6.56. The van der Waals surface area contributed by atoms with Crippen molar-refractivity contribution in [2.24, 2.45) is 0 Å². The number of rotatable bonds is 5. The molecule has 1 aromatic heterocycles. The molecular formula is C12H15N3O2S2. The SMILES string of the molecule is CNCc1cccc(S(=O)(=O)Nc2nccs2)c1C. The first-order chi connectivity index (χ1) is 9.04. The van der Waals surface area contributed by atoms with E-state index in [1.165, 1.54) is 11.3 Å². The van der Waals surface area contributed by atoms with Crippen LogP contribution >= 0.6 is 11.3 Å². The highest BCUT2D eigenvalue weighted by molar-refractivity contribution is 7.93. The standard InChI is InChI=1S/C12H15N3O2S2/c1-9-10(8-13-2)4-3-5-11(9)19(16,17)15-12-14-6-7-18-12/h3-7,13H,8H2,1-2H3,(H,14,15). The number of hydrogen-bond donors (Lipinski definition) is 2. The van der Waals surface area contributed by atoms with E-state index in [-0.39, 0.29) is 4.90 Å². The van der Waals surface area contributed by atoms with Gasteiger partial charge in [-0.3, -0.25) is 4.72 Å². The minimum atomic E-state index is -3.58. The smallest absolute Gasteiger partial charge is 0.263 e. The van der Waals surface area contributed by atoms with Gasteiger partial charge in [0.2, 0.25) is 0 Å². The van der Waals surface area contributed by atoms with Crippen LogP contribution in [0.2, 0.25) is 0 Å².